The zero-order chi connectivity index (χ0) is 18.9. The number of nitrogens with one attached hydrogen (secondary N) is 2. The summed E-state index contributed by atoms with van der Waals surface area (Å²) in [4.78, 5) is 8.83. The molecule has 7 heteroatoms. The third-order valence-electron chi connectivity index (χ3n) is 4.16. The van der Waals surface area contributed by atoms with Gasteiger partial charge in [-0.3, -0.25) is 0 Å². The summed E-state index contributed by atoms with van der Waals surface area (Å²) >= 11 is 0. The summed E-state index contributed by atoms with van der Waals surface area (Å²) in [6.07, 6.45) is 5.53. The van der Waals surface area contributed by atoms with Gasteiger partial charge < -0.3 is 19.9 Å². The maximum Gasteiger partial charge on any atom is 0.191 e. The Morgan fingerprint density at radius 3 is 2.54 bits per heavy atom. The maximum absolute atomic E-state index is 5.41. The number of hydrogen-bond donors (Lipinski definition) is 2. The molecule has 2 aromatic carbocycles. The molecule has 0 aliphatic carbocycles. The molecule has 0 fully saturated rings. The van der Waals surface area contributed by atoms with Crippen molar-refractivity contribution in [3.8, 4) is 11.4 Å². The molecule has 0 radical (unpaired) electrons. The average molecular weight is 491 g/mol. The Balaban J connectivity index is 0.00000280. The van der Waals surface area contributed by atoms with E-state index in [1.807, 2.05) is 47.2 Å². The fraction of sp³-hybridized carbons (Fsp3) is 0.238. The van der Waals surface area contributed by atoms with Crippen LogP contribution in [0.3, 0.4) is 0 Å². The van der Waals surface area contributed by atoms with Crippen molar-refractivity contribution in [2.75, 3.05) is 13.7 Å². The number of methoxy groups -OCH3 is 1. The molecule has 0 saturated heterocycles. The highest BCUT2D eigenvalue weighted by molar-refractivity contribution is 14.0. The molecule has 1 aromatic heterocycles. The van der Waals surface area contributed by atoms with E-state index in [-0.39, 0.29) is 24.0 Å². The number of ether oxygens (including phenoxy) is 1. The lowest BCUT2D eigenvalue weighted by atomic mass is 10.1. The summed E-state index contributed by atoms with van der Waals surface area (Å²) in [5.41, 5.74) is 3.32. The first-order valence-electron chi connectivity index (χ1n) is 9.02. The number of hydrogen-bond acceptors (Lipinski definition) is 3. The quantitative estimate of drug-likeness (QED) is 0.300. The van der Waals surface area contributed by atoms with Gasteiger partial charge in [0.05, 0.1) is 25.7 Å². The molecule has 0 amide bonds. The largest absolute Gasteiger partial charge is 0.496 e. The maximum atomic E-state index is 5.41. The molecular weight excluding hydrogens is 465 g/mol. The third-order valence-corrected chi connectivity index (χ3v) is 4.16. The van der Waals surface area contributed by atoms with Gasteiger partial charge >= 0.3 is 0 Å². The molecule has 0 atom stereocenters. The van der Waals surface area contributed by atoms with Crippen molar-refractivity contribution in [3.63, 3.8) is 0 Å². The molecule has 3 rings (SSSR count). The van der Waals surface area contributed by atoms with Gasteiger partial charge in [-0.1, -0.05) is 36.4 Å². The first kappa shape index (κ1) is 21.7. The van der Waals surface area contributed by atoms with E-state index in [1.165, 1.54) is 5.56 Å². The van der Waals surface area contributed by atoms with Gasteiger partial charge in [0.1, 0.15) is 5.75 Å². The number of aromatic nitrogens is 2. The summed E-state index contributed by atoms with van der Waals surface area (Å²) < 4.78 is 7.42. The Labute approximate surface area is 183 Å². The minimum absolute atomic E-state index is 0. The first-order chi connectivity index (χ1) is 13.3. The SMILES string of the molecule is CCNC(=NCc1ccccc1OC)NCc1ccccc1-n1ccnc1.I. The van der Waals surface area contributed by atoms with Crippen LogP contribution in [0, 0.1) is 0 Å². The second-order valence-electron chi connectivity index (χ2n) is 5.96. The lowest BCUT2D eigenvalue weighted by molar-refractivity contribution is 0.410. The number of nitrogens with zero attached hydrogens (tertiary/aromatic N) is 3. The molecule has 1 heterocycles. The highest BCUT2D eigenvalue weighted by atomic mass is 127. The average Bonchev–Trinajstić information content (AvgIpc) is 3.25. The van der Waals surface area contributed by atoms with E-state index in [0.29, 0.717) is 13.1 Å². The van der Waals surface area contributed by atoms with Crippen molar-refractivity contribution < 1.29 is 4.74 Å². The molecule has 2 N–H and O–H groups in total. The molecular formula is C21H26IN5O. The van der Waals surface area contributed by atoms with Gasteiger partial charge in [-0.05, 0) is 24.6 Å². The van der Waals surface area contributed by atoms with Crippen LogP contribution in [-0.4, -0.2) is 29.2 Å². The molecule has 6 nitrogen and oxygen atoms in total. The molecule has 28 heavy (non-hydrogen) atoms. The van der Waals surface area contributed by atoms with Crippen LogP contribution in [-0.2, 0) is 13.1 Å². The minimum Gasteiger partial charge on any atom is -0.496 e. The zero-order valence-corrected chi connectivity index (χ0v) is 18.5. The van der Waals surface area contributed by atoms with Gasteiger partial charge in [-0.25, -0.2) is 9.98 Å². The summed E-state index contributed by atoms with van der Waals surface area (Å²) in [6, 6.07) is 16.2. The Bertz CT molecular complexity index is 880. The van der Waals surface area contributed by atoms with Gasteiger partial charge in [-0.2, -0.15) is 0 Å². The van der Waals surface area contributed by atoms with E-state index in [1.54, 1.807) is 19.6 Å². The monoisotopic (exact) mass is 491 g/mol. The second kappa shape index (κ2) is 11.3. The van der Waals surface area contributed by atoms with Gasteiger partial charge in [-0.15, -0.1) is 24.0 Å². The molecule has 0 saturated carbocycles. The molecule has 3 aromatic rings. The topological polar surface area (TPSA) is 63.5 Å². The van der Waals surface area contributed by atoms with Crippen LogP contribution in [0.15, 0.2) is 72.2 Å². The van der Waals surface area contributed by atoms with E-state index >= 15 is 0 Å². The van der Waals surface area contributed by atoms with E-state index in [0.717, 1.165) is 29.5 Å². The smallest absolute Gasteiger partial charge is 0.191 e. The lowest BCUT2D eigenvalue weighted by Gasteiger charge is -2.14. The number of imidazole rings is 1. The Morgan fingerprint density at radius 2 is 1.82 bits per heavy atom. The Kier molecular flexibility index (Phi) is 8.80. The molecule has 0 aliphatic rings. The Morgan fingerprint density at radius 1 is 1.07 bits per heavy atom. The van der Waals surface area contributed by atoms with Crippen molar-refractivity contribution in [2.45, 2.75) is 20.0 Å². The number of halogens is 1. The predicted octanol–water partition coefficient (Wildman–Crippen LogP) is 3.75. The van der Waals surface area contributed by atoms with E-state index < -0.39 is 0 Å². The number of aliphatic imine (C=N–C) groups is 1. The first-order valence-corrected chi connectivity index (χ1v) is 9.02. The number of para-hydroxylation sites is 2. The summed E-state index contributed by atoms with van der Waals surface area (Å²) in [7, 11) is 1.68. The molecule has 0 spiro atoms. The number of rotatable bonds is 7. The Hall–Kier alpha value is -2.55. The number of benzene rings is 2. The summed E-state index contributed by atoms with van der Waals surface area (Å²) in [6.45, 7) is 4.05. The van der Waals surface area contributed by atoms with Crippen LogP contribution in [0.4, 0.5) is 0 Å². The summed E-state index contributed by atoms with van der Waals surface area (Å²) in [5, 5.41) is 6.71. The number of guanidine groups is 1. The van der Waals surface area contributed by atoms with Crippen molar-refractivity contribution in [3.05, 3.63) is 78.4 Å². The molecule has 148 valence electrons. The van der Waals surface area contributed by atoms with E-state index in [4.69, 9.17) is 9.73 Å². The lowest BCUT2D eigenvalue weighted by Crippen LogP contribution is -2.37. The third kappa shape index (κ3) is 5.72. The predicted molar refractivity (Wildman–Crippen MR) is 124 cm³/mol. The van der Waals surface area contributed by atoms with E-state index in [9.17, 15) is 0 Å². The van der Waals surface area contributed by atoms with Gasteiger partial charge in [0.25, 0.3) is 0 Å². The van der Waals surface area contributed by atoms with E-state index in [2.05, 4.69) is 34.7 Å². The van der Waals surface area contributed by atoms with Crippen LogP contribution in [0.1, 0.15) is 18.1 Å². The molecule has 0 aliphatic heterocycles. The molecule has 0 bridgehead atoms. The van der Waals surface area contributed by atoms with Crippen molar-refractivity contribution in [2.24, 2.45) is 4.99 Å². The molecule has 0 unspecified atom stereocenters. The van der Waals surface area contributed by atoms with Crippen molar-refractivity contribution in [1.29, 1.82) is 0 Å². The van der Waals surface area contributed by atoms with Gasteiger partial charge in [0.2, 0.25) is 0 Å². The van der Waals surface area contributed by atoms with Crippen LogP contribution in [0.5, 0.6) is 5.75 Å². The van der Waals surface area contributed by atoms with Gasteiger partial charge in [0.15, 0.2) is 5.96 Å². The zero-order valence-electron chi connectivity index (χ0n) is 16.1. The fourth-order valence-electron chi connectivity index (χ4n) is 2.83. The van der Waals surface area contributed by atoms with Crippen LogP contribution >= 0.6 is 24.0 Å². The van der Waals surface area contributed by atoms with Crippen LogP contribution in [0.25, 0.3) is 5.69 Å². The highest BCUT2D eigenvalue weighted by Crippen LogP contribution is 2.18. The van der Waals surface area contributed by atoms with Crippen molar-refractivity contribution >= 4 is 29.9 Å². The standard InChI is InChI=1S/C21H25N5O.HI/c1-3-23-21(25-15-18-9-5-7-11-20(18)27-2)24-14-17-8-4-6-10-19(17)26-13-12-22-16-26;/h4-13,16H,3,14-15H2,1-2H3,(H2,23,24,25);1H. The van der Waals surface area contributed by atoms with Crippen LogP contribution < -0.4 is 15.4 Å². The van der Waals surface area contributed by atoms with Crippen molar-refractivity contribution in [1.82, 2.24) is 20.2 Å². The van der Waals surface area contributed by atoms with Gasteiger partial charge in [0, 0.05) is 31.0 Å². The normalized spacial score (nSPS) is 10.9. The highest BCUT2D eigenvalue weighted by Gasteiger charge is 2.06. The minimum atomic E-state index is 0. The second-order valence-corrected chi connectivity index (χ2v) is 5.96. The summed E-state index contributed by atoms with van der Waals surface area (Å²) in [5.74, 6) is 1.62. The van der Waals surface area contributed by atoms with Crippen LogP contribution in [0.2, 0.25) is 0 Å². The fourth-order valence-corrected chi connectivity index (χ4v) is 2.83.